The van der Waals surface area contributed by atoms with E-state index >= 15 is 0 Å². The van der Waals surface area contributed by atoms with E-state index in [2.05, 4.69) is 10.3 Å². The van der Waals surface area contributed by atoms with Gasteiger partial charge in [-0.2, -0.15) is 0 Å². The number of aryl methyl sites for hydroxylation is 2. The number of carbonyl (C=O) groups excluding carboxylic acids is 1. The third-order valence-corrected chi connectivity index (χ3v) is 3.46. The molecule has 0 fully saturated rings. The van der Waals surface area contributed by atoms with Gasteiger partial charge in [0.1, 0.15) is 5.60 Å². The third kappa shape index (κ3) is 6.02. The number of amides is 1. The van der Waals surface area contributed by atoms with Crippen LogP contribution in [0.4, 0.5) is 9.93 Å². The van der Waals surface area contributed by atoms with E-state index in [0.717, 1.165) is 23.4 Å². The molecule has 0 radical (unpaired) electrons. The van der Waals surface area contributed by atoms with Gasteiger partial charge in [-0.25, -0.2) is 9.78 Å². The number of ether oxygens (including phenoxy) is 1. The number of nitrogens with one attached hydrogen (secondary N) is 1. The van der Waals surface area contributed by atoms with Gasteiger partial charge in [0.15, 0.2) is 5.13 Å². The van der Waals surface area contributed by atoms with Gasteiger partial charge in [-0.05, 0) is 47.5 Å². The molecule has 1 heterocycles. The summed E-state index contributed by atoms with van der Waals surface area (Å²) in [6.45, 7) is 9.40. The number of hydrogen-bond donors (Lipinski definition) is 2. The summed E-state index contributed by atoms with van der Waals surface area (Å²) < 4.78 is 5.19. The Hall–Kier alpha value is -1.14. The van der Waals surface area contributed by atoms with Crippen LogP contribution in [0.25, 0.3) is 0 Å². The molecule has 19 heavy (non-hydrogen) atoms. The predicted octanol–water partition coefficient (Wildman–Crippen LogP) is 3.08. The van der Waals surface area contributed by atoms with E-state index in [0.29, 0.717) is 5.13 Å². The van der Waals surface area contributed by atoms with Gasteiger partial charge in [0, 0.05) is 10.9 Å². The number of nitrogens with zero attached hydrogens (tertiary/aromatic N) is 1. The molecule has 0 aliphatic rings. The second-order valence-corrected chi connectivity index (χ2v) is 6.75. The van der Waals surface area contributed by atoms with Gasteiger partial charge >= 0.3 is 6.09 Å². The molecule has 0 unspecified atom stereocenters. The van der Waals surface area contributed by atoms with E-state index < -0.39 is 11.7 Å². The van der Waals surface area contributed by atoms with Crippen LogP contribution >= 0.6 is 11.3 Å². The van der Waals surface area contributed by atoms with Crippen LogP contribution in [-0.2, 0) is 11.2 Å². The van der Waals surface area contributed by atoms with Crippen molar-refractivity contribution in [3.63, 3.8) is 0 Å². The summed E-state index contributed by atoms with van der Waals surface area (Å²) in [5.74, 6) is 0. The highest BCUT2D eigenvalue weighted by Gasteiger charge is 2.18. The maximum atomic E-state index is 11.6. The average molecular weight is 285 g/mol. The van der Waals surface area contributed by atoms with Gasteiger partial charge in [0.2, 0.25) is 0 Å². The first-order valence-corrected chi connectivity index (χ1v) is 7.21. The summed E-state index contributed by atoms with van der Waals surface area (Å²) in [6.07, 6.45) is 1.33. The van der Waals surface area contributed by atoms with Gasteiger partial charge in [-0.1, -0.05) is 0 Å². The molecule has 0 aliphatic heterocycles. The highest BCUT2D eigenvalue weighted by Crippen LogP contribution is 2.24. The Labute approximate surface area is 118 Å². The molecule has 0 bridgehead atoms. The Morgan fingerprint density at radius 1 is 1.53 bits per heavy atom. The van der Waals surface area contributed by atoms with E-state index in [4.69, 9.17) is 10.5 Å². The molecule has 1 rings (SSSR count). The largest absolute Gasteiger partial charge is 0.444 e. The first kappa shape index (κ1) is 15.9. The van der Waals surface area contributed by atoms with E-state index in [1.165, 1.54) is 11.3 Å². The molecule has 0 aromatic carbocycles. The van der Waals surface area contributed by atoms with Crippen molar-refractivity contribution in [2.45, 2.75) is 59.1 Å². The first-order valence-electron chi connectivity index (χ1n) is 6.39. The average Bonchev–Trinajstić information content (AvgIpc) is 2.52. The van der Waals surface area contributed by atoms with Gasteiger partial charge in [0.05, 0.1) is 5.69 Å². The predicted molar refractivity (Wildman–Crippen MR) is 78.7 cm³/mol. The summed E-state index contributed by atoms with van der Waals surface area (Å²) in [7, 11) is 0. The lowest BCUT2D eigenvalue weighted by Gasteiger charge is -2.18. The molecule has 5 nitrogen and oxygen atoms in total. The number of nitrogens with two attached hydrogens (primary N) is 1. The molecule has 1 amide bonds. The topological polar surface area (TPSA) is 77.2 Å². The lowest BCUT2D eigenvalue weighted by Crippen LogP contribution is -2.27. The Balaban J connectivity index is 2.60. The van der Waals surface area contributed by atoms with Crippen LogP contribution in [0.2, 0.25) is 0 Å². The smallest absolute Gasteiger partial charge is 0.413 e. The van der Waals surface area contributed by atoms with Crippen molar-refractivity contribution in [2.24, 2.45) is 5.73 Å². The molecule has 108 valence electrons. The Morgan fingerprint density at radius 2 is 2.16 bits per heavy atom. The van der Waals surface area contributed by atoms with Crippen molar-refractivity contribution in [3.05, 3.63) is 10.6 Å². The zero-order valence-electron chi connectivity index (χ0n) is 12.2. The Morgan fingerprint density at radius 3 is 2.68 bits per heavy atom. The lowest BCUT2D eigenvalue weighted by molar-refractivity contribution is 0.0636. The summed E-state index contributed by atoms with van der Waals surface area (Å²) in [6, 6.07) is 0.170. The SMILES string of the molecule is Cc1nc(NC(=O)OC(C)(C)C)sc1CC[C@H](C)N. The van der Waals surface area contributed by atoms with E-state index in [1.54, 1.807) is 0 Å². The van der Waals surface area contributed by atoms with Crippen molar-refractivity contribution in [3.8, 4) is 0 Å². The summed E-state index contributed by atoms with van der Waals surface area (Å²) in [5.41, 5.74) is 6.18. The standard InChI is InChI=1S/C13H23N3O2S/c1-8(14)6-7-10-9(2)15-11(19-10)16-12(17)18-13(3,4)5/h8H,6-7,14H2,1-5H3,(H,15,16,17)/t8-/m0/s1. The van der Waals surface area contributed by atoms with Crippen LogP contribution in [0.15, 0.2) is 0 Å². The number of hydrogen-bond acceptors (Lipinski definition) is 5. The van der Waals surface area contributed by atoms with Crippen molar-refractivity contribution < 1.29 is 9.53 Å². The van der Waals surface area contributed by atoms with Crippen LogP contribution in [0.5, 0.6) is 0 Å². The Kier molecular flexibility index (Phi) is 5.31. The summed E-state index contributed by atoms with van der Waals surface area (Å²) in [4.78, 5) is 17.1. The second kappa shape index (κ2) is 6.34. The molecule has 0 aliphatic carbocycles. The van der Waals surface area contributed by atoms with E-state index in [9.17, 15) is 4.79 Å². The number of thiazole rings is 1. The number of carbonyl (C=O) groups is 1. The number of aromatic nitrogens is 1. The van der Waals surface area contributed by atoms with Crippen LogP contribution in [0.3, 0.4) is 0 Å². The van der Waals surface area contributed by atoms with Crippen LogP contribution in [0, 0.1) is 6.92 Å². The summed E-state index contributed by atoms with van der Waals surface area (Å²) in [5, 5.41) is 3.24. The maximum absolute atomic E-state index is 11.6. The van der Waals surface area contributed by atoms with Gasteiger partial charge in [0.25, 0.3) is 0 Å². The monoisotopic (exact) mass is 285 g/mol. The Bertz CT molecular complexity index is 436. The van der Waals surface area contributed by atoms with Gasteiger partial charge in [-0.3, -0.25) is 5.32 Å². The second-order valence-electron chi connectivity index (χ2n) is 5.67. The first-order chi connectivity index (χ1) is 8.67. The molecule has 1 aromatic heterocycles. The highest BCUT2D eigenvalue weighted by atomic mass is 32.1. The molecule has 3 N–H and O–H groups in total. The van der Waals surface area contributed by atoms with Crippen molar-refractivity contribution in [2.75, 3.05) is 5.32 Å². The third-order valence-electron chi connectivity index (χ3n) is 2.33. The molecule has 0 spiro atoms. The molecule has 0 saturated heterocycles. The molecular weight excluding hydrogens is 262 g/mol. The van der Waals surface area contributed by atoms with Crippen molar-refractivity contribution in [1.29, 1.82) is 0 Å². The minimum Gasteiger partial charge on any atom is -0.444 e. The van der Waals surface area contributed by atoms with Crippen LogP contribution < -0.4 is 11.1 Å². The molecule has 0 saturated carbocycles. The minimum absolute atomic E-state index is 0.170. The maximum Gasteiger partial charge on any atom is 0.413 e. The fourth-order valence-corrected chi connectivity index (χ4v) is 2.43. The quantitative estimate of drug-likeness (QED) is 0.891. The van der Waals surface area contributed by atoms with Crippen molar-refractivity contribution >= 4 is 22.6 Å². The van der Waals surface area contributed by atoms with Gasteiger partial charge in [-0.15, -0.1) is 11.3 Å². The fourth-order valence-electron chi connectivity index (χ4n) is 1.46. The molecule has 6 heteroatoms. The molecule has 1 atom stereocenters. The molecule has 1 aromatic rings. The van der Waals surface area contributed by atoms with Crippen LogP contribution in [-0.4, -0.2) is 22.7 Å². The zero-order chi connectivity index (χ0) is 14.6. The lowest BCUT2D eigenvalue weighted by atomic mass is 10.1. The summed E-state index contributed by atoms with van der Waals surface area (Å²) >= 11 is 1.48. The van der Waals surface area contributed by atoms with Crippen LogP contribution in [0.1, 0.15) is 44.7 Å². The van der Waals surface area contributed by atoms with Crippen molar-refractivity contribution in [1.82, 2.24) is 4.98 Å². The van der Waals surface area contributed by atoms with E-state index in [1.807, 2.05) is 34.6 Å². The highest BCUT2D eigenvalue weighted by molar-refractivity contribution is 7.15. The fraction of sp³-hybridized carbons (Fsp3) is 0.692. The normalized spacial score (nSPS) is 13.2. The number of anilines is 1. The minimum atomic E-state index is -0.506. The number of rotatable bonds is 4. The zero-order valence-corrected chi connectivity index (χ0v) is 13.1. The molecular formula is C13H23N3O2S. The van der Waals surface area contributed by atoms with Gasteiger partial charge < -0.3 is 10.5 Å². The van der Waals surface area contributed by atoms with E-state index in [-0.39, 0.29) is 6.04 Å².